The van der Waals surface area contributed by atoms with E-state index in [-0.39, 0.29) is 30.6 Å². The third-order valence-corrected chi connectivity index (χ3v) is 7.43. The molecule has 2 aromatic carbocycles. The molecule has 0 bridgehead atoms. The van der Waals surface area contributed by atoms with Gasteiger partial charge in [-0.05, 0) is 55.3 Å². The van der Waals surface area contributed by atoms with E-state index in [1.807, 2.05) is 19.1 Å². The summed E-state index contributed by atoms with van der Waals surface area (Å²) in [5.41, 5.74) is 3.03. The van der Waals surface area contributed by atoms with Crippen molar-refractivity contribution in [2.75, 3.05) is 49.2 Å². The molecule has 1 aromatic heterocycles. The van der Waals surface area contributed by atoms with Gasteiger partial charge < -0.3 is 4.74 Å². The fourth-order valence-electron chi connectivity index (χ4n) is 4.47. The zero-order valence-corrected chi connectivity index (χ0v) is 20.6. The molecule has 0 aliphatic carbocycles. The van der Waals surface area contributed by atoms with Gasteiger partial charge in [-0.2, -0.15) is 0 Å². The molecule has 0 N–H and O–H groups in total. The van der Waals surface area contributed by atoms with Crippen LogP contribution in [0.4, 0.5) is 10.8 Å². The highest BCUT2D eigenvalue weighted by Gasteiger charge is 2.30. The number of fused-ring (bicyclic) bond motifs is 1. The Morgan fingerprint density at radius 1 is 1.06 bits per heavy atom. The van der Waals surface area contributed by atoms with Crippen LogP contribution in [0.25, 0.3) is 10.2 Å². The lowest BCUT2D eigenvalue weighted by molar-refractivity contribution is -0.121. The van der Waals surface area contributed by atoms with E-state index >= 15 is 0 Å². The number of nitrogens with zero attached hydrogens (tertiary/aromatic N) is 4. The number of morpholine rings is 1. The first-order valence-electron chi connectivity index (χ1n) is 11.9. The van der Waals surface area contributed by atoms with Gasteiger partial charge in [-0.1, -0.05) is 17.4 Å². The number of hydrogen-bond donors (Lipinski definition) is 0. The van der Waals surface area contributed by atoms with E-state index < -0.39 is 0 Å². The molecule has 0 spiro atoms. The van der Waals surface area contributed by atoms with Gasteiger partial charge in [0.1, 0.15) is 0 Å². The van der Waals surface area contributed by atoms with Crippen LogP contribution in [-0.4, -0.2) is 67.0 Å². The Morgan fingerprint density at radius 3 is 2.49 bits per heavy atom. The van der Waals surface area contributed by atoms with Crippen LogP contribution < -0.4 is 9.80 Å². The van der Waals surface area contributed by atoms with Crippen LogP contribution in [-0.2, 0) is 14.3 Å². The SMILES string of the molecule is Cc1ccc2nc(N(CCCN3CCOCC3)C(=O)c3ccc(N4C(=O)CCC4=O)cc3)sc2c1. The number of rotatable bonds is 7. The number of aromatic nitrogens is 1. The maximum Gasteiger partial charge on any atom is 0.260 e. The van der Waals surface area contributed by atoms with E-state index in [0.29, 0.717) is 22.9 Å². The quantitative estimate of drug-likeness (QED) is 0.469. The van der Waals surface area contributed by atoms with E-state index in [9.17, 15) is 14.4 Å². The van der Waals surface area contributed by atoms with Gasteiger partial charge in [-0.25, -0.2) is 4.98 Å². The van der Waals surface area contributed by atoms with E-state index in [1.165, 1.54) is 16.2 Å². The maximum atomic E-state index is 13.6. The topological polar surface area (TPSA) is 83.1 Å². The summed E-state index contributed by atoms with van der Waals surface area (Å²) in [7, 11) is 0. The first-order chi connectivity index (χ1) is 17.0. The first-order valence-corrected chi connectivity index (χ1v) is 12.8. The van der Waals surface area contributed by atoms with Gasteiger partial charge in [0, 0.05) is 44.6 Å². The van der Waals surface area contributed by atoms with Crippen LogP contribution in [0, 0.1) is 6.92 Å². The minimum absolute atomic E-state index is 0.145. The fourth-order valence-corrected chi connectivity index (χ4v) is 5.56. The summed E-state index contributed by atoms with van der Waals surface area (Å²) in [6.45, 7) is 6.77. The normalized spacial score (nSPS) is 16.9. The van der Waals surface area contributed by atoms with Crippen molar-refractivity contribution in [2.24, 2.45) is 0 Å². The van der Waals surface area contributed by atoms with Gasteiger partial charge in [-0.3, -0.25) is 29.1 Å². The predicted molar refractivity (Wildman–Crippen MR) is 136 cm³/mol. The number of imide groups is 1. The highest BCUT2D eigenvalue weighted by atomic mass is 32.1. The Morgan fingerprint density at radius 2 is 1.77 bits per heavy atom. The zero-order chi connectivity index (χ0) is 24.4. The second-order valence-electron chi connectivity index (χ2n) is 8.90. The third-order valence-electron chi connectivity index (χ3n) is 6.39. The van der Waals surface area contributed by atoms with Crippen molar-refractivity contribution < 1.29 is 19.1 Å². The monoisotopic (exact) mass is 492 g/mol. The number of amides is 3. The number of thiazole rings is 1. The van der Waals surface area contributed by atoms with Crippen molar-refractivity contribution >= 4 is 50.1 Å². The Hall–Kier alpha value is -3.14. The molecule has 35 heavy (non-hydrogen) atoms. The smallest absolute Gasteiger partial charge is 0.260 e. The van der Waals surface area contributed by atoms with E-state index in [1.54, 1.807) is 29.2 Å². The highest BCUT2D eigenvalue weighted by Crippen LogP contribution is 2.31. The average molecular weight is 493 g/mol. The maximum absolute atomic E-state index is 13.6. The van der Waals surface area contributed by atoms with Crippen molar-refractivity contribution in [1.29, 1.82) is 0 Å². The Labute approximate surface area is 208 Å². The second kappa shape index (κ2) is 10.2. The Bertz CT molecular complexity index is 1230. The summed E-state index contributed by atoms with van der Waals surface area (Å²) in [6, 6.07) is 12.8. The highest BCUT2D eigenvalue weighted by molar-refractivity contribution is 7.22. The molecular weight excluding hydrogens is 464 g/mol. The number of aryl methyl sites for hydroxylation is 1. The molecule has 0 radical (unpaired) electrons. The van der Waals surface area contributed by atoms with Crippen LogP contribution in [0.5, 0.6) is 0 Å². The lowest BCUT2D eigenvalue weighted by Crippen LogP contribution is -2.39. The van der Waals surface area contributed by atoms with Crippen molar-refractivity contribution in [1.82, 2.24) is 9.88 Å². The van der Waals surface area contributed by atoms with Crippen molar-refractivity contribution in [3.8, 4) is 0 Å². The van der Waals surface area contributed by atoms with Gasteiger partial charge in [0.05, 0.1) is 29.1 Å². The number of carbonyl (C=O) groups is 3. The molecular formula is C26H28N4O4S. The second-order valence-corrected chi connectivity index (χ2v) is 9.91. The number of benzene rings is 2. The van der Waals surface area contributed by atoms with Crippen LogP contribution >= 0.6 is 11.3 Å². The van der Waals surface area contributed by atoms with Crippen LogP contribution in [0.15, 0.2) is 42.5 Å². The Kier molecular flexibility index (Phi) is 6.90. The molecule has 3 amide bonds. The molecule has 182 valence electrons. The molecule has 2 aliphatic rings. The number of carbonyl (C=O) groups excluding carboxylic acids is 3. The summed E-state index contributed by atoms with van der Waals surface area (Å²) in [5, 5.41) is 0.673. The fraction of sp³-hybridized carbons (Fsp3) is 0.385. The number of anilines is 2. The molecule has 0 unspecified atom stereocenters. The van der Waals surface area contributed by atoms with Gasteiger partial charge in [0.25, 0.3) is 5.91 Å². The molecule has 0 saturated carbocycles. The molecule has 0 atom stereocenters. The molecule has 3 aromatic rings. The largest absolute Gasteiger partial charge is 0.379 e. The summed E-state index contributed by atoms with van der Waals surface area (Å²) in [4.78, 5) is 47.8. The van der Waals surface area contributed by atoms with Gasteiger partial charge in [0.15, 0.2) is 5.13 Å². The molecule has 2 fully saturated rings. The third kappa shape index (κ3) is 5.12. The molecule has 2 saturated heterocycles. The minimum atomic E-state index is -0.205. The predicted octanol–water partition coefficient (Wildman–Crippen LogP) is 3.63. The van der Waals surface area contributed by atoms with Crippen molar-refractivity contribution in [2.45, 2.75) is 26.2 Å². The van der Waals surface area contributed by atoms with Crippen LogP contribution in [0.2, 0.25) is 0 Å². The molecule has 5 rings (SSSR count). The molecule has 9 heteroatoms. The summed E-state index contributed by atoms with van der Waals surface area (Å²) >= 11 is 1.52. The van der Waals surface area contributed by atoms with E-state index in [0.717, 1.165) is 55.0 Å². The van der Waals surface area contributed by atoms with Gasteiger partial charge in [-0.15, -0.1) is 0 Å². The number of ether oxygens (including phenoxy) is 1. The molecule has 3 heterocycles. The van der Waals surface area contributed by atoms with Crippen molar-refractivity contribution in [3.63, 3.8) is 0 Å². The summed E-state index contributed by atoms with van der Waals surface area (Å²) in [5.74, 6) is -0.555. The van der Waals surface area contributed by atoms with Crippen molar-refractivity contribution in [3.05, 3.63) is 53.6 Å². The van der Waals surface area contributed by atoms with Gasteiger partial charge >= 0.3 is 0 Å². The van der Waals surface area contributed by atoms with Crippen LogP contribution in [0.1, 0.15) is 35.2 Å². The van der Waals surface area contributed by atoms with Gasteiger partial charge in [0.2, 0.25) is 11.8 Å². The summed E-state index contributed by atoms with van der Waals surface area (Å²) < 4.78 is 6.48. The van der Waals surface area contributed by atoms with Crippen LogP contribution in [0.3, 0.4) is 0 Å². The zero-order valence-electron chi connectivity index (χ0n) is 19.7. The minimum Gasteiger partial charge on any atom is -0.379 e. The van der Waals surface area contributed by atoms with E-state index in [2.05, 4.69) is 11.0 Å². The summed E-state index contributed by atoms with van der Waals surface area (Å²) in [6.07, 6.45) is 1.27. The average Bonchev–Trinajstić information content (AvgIpc) is 3.44. The lowest BCUT2D eigenvalue weighted by atomic mass is 10.1. The first kappa shape index (κ1) is 23.6. The number of hydrogen-bond acceptors (Lipinski definition) is 7. The lowest BCUT2D eigenvalue weighted by Gasteiger charge is -2.27. The van der Waals surface area contributed by atoms with E-state index in [4.69, 9.17) is 9.72 Å². The molecule has 8 nitrogen and oxygen atoms in total. The molecule has 2 aliphatic heterocycles. The standard InChI is InChI=1S/C26H28N4O4S/c1-18-3-8-21-22(17-18)35-26(27-21)29(12-2-11-28-13-15-34-16-14-28)25(33)19-4-6-20(7-5-19)30-23(31)9-10-24(30)32/h3-8,17H,2,9-16H2,1H3. The Balaban J connectivity index is 1.38.